The summed E-state index contributed by atoms with van der Waals surface area (Å²) in [6.45, 7) is 2.32. The van der Waals surface area contributed by atoms with E-state index in [2.05, 4.69) is 10.2 Å². The van der Waals surface area contributed by atoms with Crippen molar-refractivity contribution in [3.8, 4) is 11.3 Å². The maximum atomic E-state index is 13.1. The smallest absolute Gasteiger partial charge is 0.126 e. The maximum Gasteiger partial charge on any atom is 0.126 e. The molecule has 2 rings (SSSR count). The number of halogens is 1. The van der Waals surface area contributed by atoms with Gasteiger partial charge >= 0.3 is 0 Å². The van der Waals surface area contributed by atoms with Gasteiger partial charge in [0.05, 0.1) is 11.9 Å². The summed E-state index contributed by atoms with van der Waals surface area (Å²) in [5, 5.41) is 6.92. The quantitative estimate of drug-likeness (QED) is 0.829. The lowest BCUT2D eigenvalue weighted by Gasteiger charge is -2.04. The molecule has 0 aliphatic heterocycles. The van der Waals surface area contributed by atoms with Gasteiger partial charge in [-0.05, 0) is 49.2 Å². The van der Waals surface area contributed by atoms with Crippen molar-refractivity contribution < 1.29 is 4.39 Å². The summed E-state index contributed by atoms with van der Waals surface area (Å²) < 4.78 is 13.1. The molecule has 1 aromatic carbocycles. The van der Waals surface area contributed by atoms with E-state index in [0.29, 0.717) is 12.1 Å². The Labute approximate surface area is 93.5 Å². The van der Waals surface area contributed by atoms with Gasteiger partial charge in [-0.3, -0.25) is 5.10 Å². The van der Waals surface area contributed by atoms with Crippen molar-refractivity contribution in [1.82, 2.24) is 10.2 Å². The molecule has 0 amide bonds. The molecule has 0 aliphatic rings. The fraction of sp³-hybridized carbons (Fsp3) is 0.250. The molecule has 0 aliphatic carbocycles. The topological polar surface area (TPSA) is 54.7 Å². The van der Waals surface area contributed by atoms with E-state index >= 15 is 0 Å². The van der Waals surface area contributed by atoms with Crippen LogP contribution in [0.2, 0.25) is 0 Å². The third kappa shape index (κ3) is 1.97. The van der Waals surface area contributed by atoms with Gasteiger partial charge in [-0.25, -0.2) is 4.39 Å². The lowest BCUT2D eigenvalue weighted by atomic mass is 10.0. The van der Waals surface area contributed by atoms with E-state index in [1.54, 1.807) is 19.2 Å². The van der Waals surface area contributed by atoms with E-state index in [4.69, 9.17) is 5.73 Å². The molecule has 0 bridgehead atoms. The summed E-state index contributed by atoms with van der Waals surface area (Å²) in [7, 11) is 0. The third-order valence-electron chi connectivity index (χ3n) is 2.58. The molecular formula is C12H14FN3. The minimum atomic E-state index is -0.191. The van der Waals surface area contributed by atoms with Crippen molar-refractivity contribution in [1.29, 1.82) is 0 Å². The predicted molar refractivity (Wildman–Crippen MR) is 61.5 cm³/mol. The van der Waals surface area contributed by atoms with Crippen LogP contribution in [-0.2, 0) is 6.42 Å². The van der Waals surface area contributed by atoms with Gasteiger partial charge in [-0.2, -0.15) is 5.10 Å². The monoisotopic (exact) mass is 219 g/mol. The number of nitrogens with one attached hydrogen (secondary N) is 1. The molecule has 0 atom stereocenters. The fourth-order valence-corrected chi connectivity index (χ4v) is 1.71. The van der Waals surface area contributed by atoms with E-state index in [0.717, 1.165) is 23.2 Å². The Morgan fingerprint density at radius 3 is 2.94 bits per heavy atom. The molecule has 16 heavy (non-hydrogen) atoms. The predicted octanol–water partition coefficient (Wildman–Crippen LogP) is 2.03. The average molecular weight is 219 g/mol. The lowest BCUT2D eigenvalue weighted by molar-refractivity contribution is 0.618. The Balaban J connectivity index is 2.42. The van der Waals surface area contributed by atoms with E-state index in [1.807, 2.05) is 6.07 Å². The summed E-state index contributed by atoms with van der Waals surface area (Å²) in [5.41, 5.74) is 9.08. The van der Waals surface area contributed by atoms with Crippen LogP contribution in [0.4, 0.5) is 4.39 Å². The van der Waals surface area contributed by atoms with Gasteiger partial charge in [0.15, 0.2) is 0 Å². The summed E-state index contributed by atoms with van der Waals surface area (Å²) in [4.78, 5) is 0. The Bertz CT molecular complexity index is 491. The standard InChI is InChI=1S/C12H14FN3/c1-8-6-9(2-3-11(8)13)12-10(4-5-14)7-15-16-12/h2-3,6-7H,4-5,14H2,1H3,(H,15,16). The molecule has 1 heterocycles. The van der Waals surface area contributed by atoms with E-state index < -0.39 is 0 Å². The van der Waals surface area contributed by atoms with Crippen LogP contribution in [0.15, 0.2) is 24.4 Å². The number of rotatable bonds is 3. The van der Waals surface area contributed by atoms with Crippen molar-refractivity contribution in [2.45, 2.75) is 13.3 Å². The minimum absolute atomic E-state index is 0.191. The number of aromatic nitrogens is 2. The van der Waals surface area contributed by atoms with Crippen LogP contribution in [0.1, 0.15) is 11.1 Å². The van der Waals surface area contributed by atoms with E-state index in [9.17, 15) is 4.39 Å². The van der Waals surface area contributed by atoms with E-state index in [-0.39, 0.29) is 5.82 Å². The molecule has 3 N–H and O–H groups in total. The molecule has 4 heteroatoms. The van der Waals surface area contributed by atoms with Gasteiger partial charge in [-0.1, -0.05) is 0 Å². The zero-order valence-corrected chi connectivity index (χ0v) is 9.13. The molecule has 0 spiro atoms. The normalized spacial score (nSPS) is 10.7. The largest absolute Gasteiger partial charge is 0.330 e. The van der Waals surface area contributed by atoms with Crippen LogP contribution in [0.5, 0.6) is 0 Å². The van der Waals surface area contributed by atoms with Crippen molar-refractivity contribution >= 4 is 0 Å². The Hall–Kier alpha value is -1.68. The summed E-state index contributed by atoms with van der Waals surface area (Å²) in [6, 6.07) is 5.02. The Kier molecular flexibility index (Phi) is 3.01. The molecule has 0 radical (unpaired) electrons. The van der Waals surface area contributed by atoms with Crippen molar-refractivity contribution in [3.05, 3.63) is 41.3 Å². The first-order valence-corrected chi connectivity index (χ1v) is 5.21. The van der Waals surface area contributed by atoms with Crippen molar-refractivity contribution in [2.24, 2.45) is 5.73 Å². The van der Waals surface area contributed by atoms with Crippen LogP contribution in [-0.4, -0.2) is 16.7 Å². The second-order valence-corrected chi connectivity index (χ2v) is 3.77. The highest BCUT2D eigenvalue weighted by molar-refractivity contribution is 5.63. The lowest BCUT2D eigenvalue weighted by Crippen LogP contribution is -2.02. The Morgan fingerprint density at radius 2 is 2.25 bits per heavy atom. The second-order valence-electron chi connectivity index (χ2n) is 3.77. The number of hydrogen-bond acceptors (Lipinski definition) is 2. The summed E-state index contributed by atoms with van der Waals surface area (Å²) in [5.74, 6) is -0.191. The van der Waals surface area contributed by atoms with E-state index in [1.165, 1.54) is 6.07 Å². The fourth-order valence-electron chi connectivity index (χ4n) is 1.71. The van der Waals surface area contributed by atoms with Crippen LogP contribution in [0, 0.1) is 12.7 Å². The molecule has 0 saturated heterocycles. The molecule has 1 aromatic heterocycles. The van der Waals surface area contributed by atoms with Gasteiger partial charge in [0.1, 0.15) is 5.82 Å². The number of benzene rings is 1. The first-order valence-electron chi connectivity index (χ1n) is 5.21. The molecule has 0 fully saturated rings. The molecule has 0 saturated carbocycles. The number of nitrogens with two attached hydrogens (primary N) is 1. The van der Waals surface area contributed by atoms with Gasteiger partial charge in [0.2, 0.25) is 0 Å². The molecule has 0 unspecified atom stereocenters. The minimum Gasteiger partial charge on any atom is -0.330 e. The SMILES string of the molecule is Cc1cc(-c2[nH]ncc2CCN)ccc1F. The highest BCUT2D eigenvalue weighted by Crippen LogP contribution is 2.23. The van der Waals surface area contributed by atoms with Crippen LogP contribution in [0.3, 0.4) is 0 Å². The van der Waals surface area contributed by atoms with Crippen LogP contribution >= 0.6 is 0 Å². The number of aromatic amines is 1. The number of H-pyrrole nitrogens is 1. The highest BCUT2D eigenvalue weighted by atomic mass is 19.1. The molecule has 3 nitrogen and oxygen atoms in total. The zero-order chi connectivity index (χ0) is 11.5. The van der Waals surface area contributed by atoms with Crippen LogP contribution in [0.25, 0.3) is 11.3 Å². The highest BCUT2D eigenvalue weighted by Gasteiger charge is 2.08. The van der Waals surface area contributed by atoms with Gasteiger partial charge in [0.25, 0.3) is 0 Å². The van der Waals surface area contributed by atoms with Gasteiger partial charge < -0.3 is 5.73 Å². The molecule has 2 aromatic rings. The Morgan fingerprint density at radius 1 is 1.44 bits per heavy atom. The molecule has 84 valence electrons. The number of hydrogen-bond donors (Lipinski definition) is 2. The number of nitrogens with zero attached hydrogens (tertiary/aromatic N) is 1. The van der Waals surface area contributed by atoms with Gasteiger partial charge in [0, 0.05) is 5.56 Å². The first kappa shape index (κ1) is 10.8. The van der Waals surface area contributed by atoms with Crippen molar-refractivity contribution in [2.75, 3.05) is 6.54 Å². The maximum absolute atomic E-state index is 13.1. The molecular weight excluding hydrogens is 205 g/mol. The first-order chi connectivity index (χ1) is 7.72. The van der Waals surface area contributed by atoms with Gasteiger partial charge in [-0.15, -0.1) is 0 Å². The second kappa shape index (κ2) is 4.45. The zero-order valence-electron chi connectivity index (χ0n) is 9.13. The average Bonchev–Trinajstić information content (AvgIpc) is 2.71. The summed E-state index contributed by atoms with van der Waals surface area (Å²) >= 11 is 0. The van der Waals surface area contributed by atoms with Crippen molar-refractivity contribution in [3.63, 3.8) is 0 Å². The summed E-state index contributed by atoms with van der Waals surface area (Å²) in [6.07, 6.45) is 2.53. The van der Waals surface area contributed by atoms with Crippen LogP contribution < -0.4 is 5.73 Å². The third-order valence-corrected chi connectivity index (χ3v) is 2.58. The number of aryl methyl sites for hydroxylation is 1.